The van der Waals surface area contributed by atoms with Gasteiger partial charge in [-0.15, -0.1) is 10.2 Å². The van der Waals surface area contributed by atoms with Crippen molar-refractivity contribution in [3.63, 3.8) is 0 Å². The molecule has 0 saturated heterocycles. The summed E-state index contributed by atoms with van der Waals surface area (Å²) in [6, 6.07) is 9.84. The molecule has 1 aromatic heterocycles. The van der Waals surface area contributed by atoms with E-state index in [1.807, 2.05) is 51.1 Å². The highest BCUT2D eigenvalue weighted by Gasteiger charge is 2.07. The predicted molar refractivity (Wildman–Crippen MR) is 92.8 cm³/mol. The second-order valence-corrected chi connectivity index (χ2v) is 6.45. The third-order valence-corrected chi connectivity index (χ3v) is 4.05. The molecule has 0 aliphatic heterocycles. The van der Waals surface area contributed by atoms with E-state index in [0.29, 0.717) is 5.75 Å². The molecule has 0 radical (unpaired) electrons. The van der Waals surface area contributed by atoms with Gasteiger partial charge in [-0.05, 0) is 56.7 Å². The topological polar surface area (TPSA) is 64.1 Å². The van der Waals surface area contributed by atoms with Crippen LogP contribution in [0.1, 0.15) is 19.4 Å². The lowest BCUT2D eigenvalue weighted by atomic mass is 10.1. The fourth-order valence-corrected chi connectivity index (χ4v) is 2.72. The van der Waals surface area contributed by atoms with Gasteiger partial charge in [0.1, 0.15) is 10.8 Å². The third-order valence-electron chi connectivity index (χ3n) is 3.13. The number of ether oxygens (including phenoxy) is 1. The Morgan fingerprint density at radius 3 is 2.61 bits per heavy atom. The molecule has 2 aromatic rings. The second-order valence-electron chi connectivity index (χ2n) is 5.45. The molecule has 6 heteroatoms. The maximum Gasteiger partial charge on any atom is 0.230 e. The third kappa shape index (κ3) is 4.96. The summed E-state index contributed by atoms with van der Waals surface area (Å²) in [6.45, 7) is 5.87. The minimum Gasteiger partial charge on any atom is -0.496 e. The average Bonchev–Trinajstić information content (AvgIpc) is 2.53. The van der Waals surface area contributed by atoms with E-state index in [0.717, 1.165) is 27.6 Å². The number of amides is 1. The molecule has 1 aromatic carbocycles. The summed E-state index contributed by atoms with van der Waals surface area (Å²) in [5.41, 5.74) is 2.84. The molecule has 0 aliphatic rings. The minimum absolute atomic E-state index is 0.00153. The molecule has 5 nitrogen and oxygen atoms in total. The first-order valence-corrected chi connectivity index (χ1v) is 8.39. The van der Waals surface area contributed by atoms with Crippen molar-refractivity contribution < 1.29 is 9.53 Å². The number of methoxy groups -OCH3 is 1. The van der Waals surface area contributed by atoms with Crippen molar-refractivity contribution in [3.05, 3.63) is 35.9 Å². The first-order chi connectivity index (χ1) is 11.0. The van der Waals surface area contributed by atoms with Gasteiger partial charge in [-0.25, -0.2) is 0 Å². The van der Waals surface area contributed by atoms with E-state index in [-0.39, 0.29) is 11.9 Å². The van der Waals surface area contributed by atoms with Gasteiger partial charge in [0, 0.05) is 11.6 Å². The smallest absolute Gasteiger partial charge is 0.230 e. The Hall–Kier alpha value is -2.08. The van der Waals surface area contributed by atoms with Crippen molar-refractivity contribution in [2.24, 2.45) is 0 Å². The van der Waals surface area contributed by atoms with E-state index >= 15 is 0 Å². The van der Waals surface area contributed by atoms with Gasteiger partial charge in [-0.3, -0.25) is 4.79 Å². The summed E-state index contributed by atoms with van der Waals surface area (Å²) in [7, 11) is 1.66. The zero-order valence-corrected chi connectivity index (χ0v) is 14.6. The lowest BCUT2D eigenvalue weighted by Gasteiger charge is -2.08. The number of aryl methyl sites for hydroxylation is 1. The van der Waals surface area contributed by atoms with Crippen molar-refractivity contribution in [1.29, 1.82) is 0 Å². The minimum atomic E-state index is 0.00153. The number of nitrogens with zero attached hydrogens (tertiary/aromatic N) is 2. The van der Waals surface area contributed by atoms with Gasteiger partial charge in [0.05, 0.1) is 18.6 Å². The molecule has 1 N–H and O–H groups in total. The Labute approximate surface area is 140 Å². The van der Waals surface area contributed by atoms with Crippen molar-refractivity contribution in [3.8, 4) is 17.0 Å². The molecule has 0 saturated carbocycles. The van der Waals surface area contributed by atoms with Crippen molar-refractivity contribution >= 4 is 17.7 Å². The molecular formula is C17H21N3O2S. The maximum absolute atomic E-state index is 11.6. The molecule has 1 amide bonds. The largest absolute Gasteiger partial charge is 0.496 e. The number of aromatic nitrogens is 2. The van der Waals surface area contributed by atoms with Crippen LogP contribution in [0.25, 0.3) is 11.3 Å². The van der Waals surface area contributed by atoms with Gasteiger partial charge < -0.3 is 10.1 Å². The van der Waals surface area contributed by atoms with E-state index in [9.17, 15) is 4.79 Å². The summed E-state index contributed by atoms with van der Waals surface area (Å²) < 4.78 is 5.26. The van der Waals surface area contributed by atoms with Crippen LogP contribution in [-0.4, -0.2) is 35.0 Å². The standard InChI is InChI=1S/C17H21N3O2S/c1-11(2)18-16(21)10-23-17-8-6-14(19-20-17)13-5-7-15(22-4)12(3)9-13/h5-9,11H,10H2,1-4H3,(H,18,21). The number of carbonyl (C=O) groups excluding carboxylic acids is 1. The molecule has 0 bridgehead atoms. The molecule has 0 spiro atoms. The zero-order chi connectivity index (χ0) is 16.8. The average molecular weight is 331 g/mol. The van der Waals surface area contributed by atoms with Crippen LogP contribution in [0, 0.1) is 6.92 Å². The van der Waals surface area contributed by atoms with E-state index < -0.39 is 0 Å². The molecule has 0 unspecified atom stereocenters. The Balaban J connectivity index is 2.02. The van der Waals surface area contributed by atoms with Crippen molar-refractivity contribution in [2.75, 3.05) is 12.9 Å². The molecule has 0 fully saturated rings. The van der Waals surface area contributed by atoms with Crippen LogP contribution in [0.4, 0.5) is 0 Å². The highest BCUT2D eigenvalue weighted by molar-refractivity contribution is 7.99. The van der Waals surface area contributed by atoms with Crippen LogP contribution in [0.15, 0.2) is 35.4 Å². The molecular weight excluding hydrogens is 310 g/mol. The maximum atomic E-state index is 11.6. The van der Waals surface area contributed by atoms with Crippen molar-refractivity contribution in [2.45, 2.75) is 31.8 Å². The van der Waals surface area contributed by atoms with Gasteiger partial charge >= 0.3 is 0 Å². The van der Waals surface area contributed by atoms with Gasteiger partial charge in [0.25, 0.3) is 0 Å². The summed E-state index contributed by atoms with van der Waals surface area (Å²) in [5, 5.41) is 12.0. The highest BCUT2D eigenvalue weighted by Crippen LogP contribution is 2.25. The predicted octanol–water partition coefficient (Wildman–Crippen LogP) is 3.08. The van der Waals surface area contributed by atoms with Gasteiger partial charge in [-0.1, -0.05) is 11.8 Å². The Bertz CT molecular complexity index is 672. The van der Waals surface area contributed by atoms with Crippen LogP contribution >= 0.6 is 11.8 Å². The molecule has 23 heavy (non-hydrogen) atoms. The summed E-state index contributed by atoms with van der Waals surface area (Å²) in [5.74, 6) is 1.19. The SMILES string of the molecule is COc1ccc(-c2ccc(SCC(=O)NC(C)C)nn2)cc1C. The number of rotatable bonds is 6. The molecule has 0 atom stereocenters. The lowest BCUT2D eigenvalue weighted by molar-refractivity contribution is -0.119. The number of benzene rings is 1. The Morgan fingerprint density at radius 1 is 1.26 bits per heavy atom. The molecule has 122 valence electrons. The number of carbonyl (C=O) groups is 1. The summed E-state index contributed by atoms with van der Waals surface area (Å²) in [4.78, 5) is 11.6. The van der Waals surface area contributed by atoms with Crippen molar-refractivity contribution in [1.82, 2.24) is 15.5 Å². The molecule has 2 rings (SSSR count). The Kier molecular flexibility index (Phi) is 5.98. The highest BCUT2D eigenvalue weighted by atomic mass is 32.2. The van der Waals surface area contributed by atoms with Crippen LogP contribution in [0.3, 0.4) is 0 Å². The Morgan fingerprint density at radius 2 is 2.04 bits per heavy atom. The normalized spacial score (nSPS) is 10.7. The first-order valence-electron chi connectivity index (χ1n) is 7.40. The van der Waals surface area contributed by atoms with Gasteiger partial charge in [0.15, 0.2) is 0 Å². The summed E-state index contributed by atoms with van der Waals surface area (Å²) >= 11 is 1.38. The van der Waals surface area contributed by atoms with Gasteiger partial charge in [-0.2, -0.15) is 0 Å². The van der Waals surface area contributed by atoms with E-state index in [4.69, 9.17) is 4.74 Å². The quantitative estimate of drug-likeness (QED) is 0.824. The van der Waals surface area contributed by atoms with E-state index in [1.165, 1.54) is 11.8 Å². The fourth-order valence-electron chi connectivity index (χ4n) is 2.09. The number of thioether (sulfide) groups is 1. The lowest BCUT2D eigenvalue weighted by Crippen LogP contribution is -2.31. The molecule has 0 aliphatic carbocycles. The van der Waals surface area contributed by atoms with Crippen LogP contribution in [0.5, 0.6) is 5.75 Å². The second kappa shape index (κ2) is 7.97. The van der Waals surface area contributed by atoms with Gasteiger partial charge in [0.2, 0.25) is 5.91 Å². The monoisotopic (exact) mass is 331 g/mol. The van der Waals surface area contributed by atoms with Crippen LogP contribution < -0.4 is 10.1 Å². The fraction of sp³-hybridized carbons (Fsp3) is 0.353. The van der Waals surface area contributed by atoms with Crippen LogP contribution in [-0.2, 0) is 4.79 Å². The number of hydrogen-bond acceptors (Lipinski definition) is 5. The number of hydrogen-bond donors (Lipinski definition) is 1. The molecule has 1 heterocycles. The number of nitrogens with one attached hydrogen (secondary N) is 1. The van der Waals surface area contributed by atoms with E-state index in [1.54, 1.807) is 7.11 Å². The first kappa shape index (κ1) is 17.3. The zero-order valence-electron chi connectivity index (χ0n) is 13.8. The van der Waals surface area contributed by atoms with E-state index in [2.05, 4.69) is 15.5 Å². The van der Waals surface area contributed by atoms with Crippen LogP contribution in [0.2, 0.25) is 0 Å². The summed E-state index contributed by atoms with van der Waals surface area (Å²) in [6.07, 6.45) is 0.